The van der Waals surface area contributed by atoms with Crippen molar-refractivity contribution in [3.05, 3.63) is 107 Å². The summed E-state index contributed by atoms with van der Waals surface area (Å²) in [5.74, 6) is -6.09. The Hall–Kier alpha value is -5.82. The van der Waals surface area contributed by atoms with Crippen molar-refractivity contribution in [2.24, 2.45) is 0 Å². The number of aromatic nitrogens is 2. The lowest BCUT2D eigenvalue weighted by atomic mass is 10.0. The van der Waals surface area contributed by atoms with Gasteiger partial charge in [-0.3, -0.25) is 9.59 Å². The van der Waals surface area contributed by atoms with Gasteiger partial charge in [-0.25, -0.2) is 37.0 Å². The van der Waals surface area contributed by atoms with E-state index in [1.807, 2.05) is 4.72 Å². The van der Waals surface area contributed by atoms with Crippen LogP contribution >= 0.6 is 0 Å². The maximum absolute atomic E-state index is 14.2. The topological polar surface area (TPSA) is 172 Å². The summed E-state index contributed by atoms with van der Waals surface area (Å²) in [6, 6.07) is 7.65. The summed E-state index contributed by atoms with van der Waals surface area (Å²) in [6.45, 7) is 0. The highest BCUT2D eigenvalue weighted by Gasteiger charge is 2.63. The molecule has 4 amide bonds. The van der Waals surface area contributed by atoms with Gasteiger partial charge in [0.2, 0.25) is 17.7 Å². The predicted octanol–water partition coefficient (Wildman–Crippen LogP) is 3.35. The summed E-state index contributed by atoms with van der Waals surface area (Å²) in [4.78, 5) is 51.2. The third kappa shape index (κ3) is 8.98. The van der Waals surface area contributed by atoms with Crippen molar-refractivity contribution in [3.8, 4) is 11.8 Å². The van der Waals surface area contributed by atoms with Gasteiger partial charge in [0.25, 0.3) is 5.91 Å². The molecule has 1 aliphatic carbocycles. The monoisotopic (exact) mass is 759 g/mol. The first-order valence-electron chi connectivity index (χ1n) is 15.6. The molecule has 0 aliphatic heterocycles. The molecule has 2 aromatic carbocycles. The number of benzene rings is 2. The number of rotatable bonds is 13. The van der Waals surface area contributed by atoms with Crippen LogP contribution in [0.2, 0.25) is 0 Å². The van der Waals surface area contributed by atoms with E-state index in [0.29, 0.717) is 12.1 Å². The Morgan fingerprint density at radius 1 is 0.830 bits per heavy atom. The maximum atomic E-state index is 14.2. The lowest BCUT2D eigenvalue weighted by molar-refractivity contribution is -0.121. The minimum atomic E-state index is -4.99. The average molecular weight is 760 g/mol. The van der Waals surface area contributed by atoms with Crippen LogP contribution in [0.5, 0.6) is 11.8 Å². The molecule has 0 spiro atoms. The van der Waals surface area contributed by atoms with Gasteiger partial charge in [0.1, 0.15) is 34.8 Å². The molecule has 14 nitrogen and oxygen atoms in total. The first-order chi connectivity index (χ1) is 25.0. The third-order valence-corrected chi connectivity index (χ3v) is 9.47. The van der Waals surface area contributed by atoms with E-state index < -0.39 is 75.2 Å². The predicted molar refractivity (Wildman–Crippen MR) is 182 cm³/mol. The number of pyridine rings is 2. The molecular weight excluding hydrogens is 726 g/mol. The van der Waals surface area contributed by atoms with Crippen LogP contribution in [-0.2, 0) is 26.2 Å². The highest BCUT2D eigenvalue weighted by Crippen LogP contribution is 2.53. The van der Waals surface area contributed by atoms with E-state index in [9.17, 15) is 40.4 Å². The Balaban J connectivity index is 1.40. The fourth-order valence-corrected chi connectivity index (χ4v) is 6.65. The number of methoxy groups -OCH3 is 2. The Kier molecular flexibility index (Phi) is 11.2. The first kappa shape index (κ1) is 38.4. The lowest BCUT2D eigenvalue weighted by Gasteiger charge is -2.27. The zero-order valence-electron chi connectivity index (χ0n) is 28.6. The van der Waals surface area contributed by atoms with Crippen molar-refractivity contribution in [2.75, 3.05) is 38.1 Å². The third-order valence-electron chi connectivity index (χ3n) is 8.42. The van der Waals surface area contributed by atoms with Gasteiger partial charge in [-0.2, -0.15) is 13.1 Å². The highest BCUT2D eigenvalue weighted by molar-refractivity contribution is 7.88. The van der Waals surface area contributed by atoms with Crippen molar-refractivity contribution in [1.82, 2.24) is 24.7 Å². The number of carbonyl (C=O) groups excluding carboxylic acids is 3. The number of nitrogens with one attached hydrogen (secondary N) is 3. The summed E-state index contributed by atoms with van der Waals surface area (Å²) in [5, 5.41) is 2.35. The van der Waals surface area contributed by atoms with Gasteiger partial charge in [-0.05, 0) is 60.4 Å². The Morgan fingerprint density at radius 3 is 1.83 bits per heavy atom. The second kappa shape index (κ2) is 15.4. The van der Waals surface area contributed by atoms with Crippen LogP contribution in [0.3, 0.4) is 0 Å². The van der Waals surface area contributed by atoms with Crippen LogP contribution < -0.4 is 34.0 Å². The van der Waals surface area contributed by atoms with Crippen molar-refractivity contribution in [1.29, 1.82) is 0 Å². The van der Waals surface area contributed by atoms with Crippen molar-refractivity contribution in [3.63, 3.8) is 0 Å². The maximum Gasteiger partial charge on any atom is 0.330 e. The molecule has 1 unspecified atom stereocenters. The molecule has 3 atom stereocenters. The zero-order valence-corrected chi connectivity index (χ0v) is 29.4. The summed E-state index contributed by atoms with van der Waals surface area (Å²) in [7, 11) is 0.429. The fraction of sp³-hybridized carbons (Fsp3) is 0.265. The normalized spacial score (nSPS) is 16.9. The number of ether oxygens (including phenoxy) is 2. The van der Waals surface area contributed by atoms with E-state index in [4.69, 9.17) is 9.47 Å². The summed E-state index contributed by atoms with van der Waals surface area (Å²) in [6.07, 6.45) is 1.82. The molecular formula is C34H33F4N7O7S. The number of amides is 4. The number of likely N-dealkylation sites (N-methyl/N-ethyl adjacent to an activating group) is 2. The number of urea groups is 1. The van der Waals surface area contributed by atoms with Gasteiger partial charge >= 0.3 is 16.2 Å². The van der Waals surface area contributed by atoms with Crippen LogP contribution in [0.15, 0.2) is 73.1 Å². The molecule has 0 saturated heterocycles. The molecule has 1 fully saturated rings. The van der Waals surface area contributed by atoms with Gasteiger partial charge in [-0.1, -0.05) is 0 Å². The van der Waals surface area contributed by atoms with Gasteiger partial charge in [0.05, 0.1) is 38.0 Å². The number of halogens is 4. The molecule has 53 heavy (non-hydrogen) atoms. The molecule has 1 saturated carbocycles. The van der Waals surface area contributed by atoms with Crippen molar-refractivity contribution < 1.29 is 49.8 Å². The molecule has 280 valence electrons. The van der Waals surface area contributed by atoms with Crippen LogP contribution in [0.1, 0.15) is 23.5 Å². The number of hydrogen-bond acceptors (Lipinski definition) is 9. The lowest BCUT2D eigenvalue weighted by Crippen LogP contribution is -2.58. The van der Waals surface area contributed by atoms with Crippen LogP contribution in [0, 0.1) is 23.3 Å². The summed E-state index contributed by atoms with van der Waals surface area (Å²) in [5.41, 5.74) is -1.54. The highest BCUT2D eigenvalue weighted by atomic mass is 32.2. The molecule has 2 heterocycles. The molecule has 3 N–H and O–H groups in total. The molecule has 0 bridgehead atoms. The molecule has 5 rings (SSSR count). The van der Waals surface area contributed by atoms with Crippen LogP contribution in [-0.4, -0.2) is 76.1 Å². The molecule has 2 aromatic heterocycles. The zero-order chi connectivity index (χ0) is 38.7. The number of nitrogens with zero attached hydrogens (tertiary/aromatic N) is 4. The fourth-order valence-electron chi connectivity index (χ4n) is 5.74. The Morgan fingerprint density at radius 2 is 1.34 bits per heavy atom. The number of anilines is 2. The molecule has 19 heteroatoms. The first-order valence-corrected chi connectivity index (χ1v) is 17.1. The van der Waals surface area contributed by atoms with E-state index in [1.54, 1.807) is 4.72 Å². The van der Waals surface area contributed by atoms with Gasteiger partial charge < -0.3 is 24.6 Å². The SMILES string of the molecule is COc1ccc(N(C)C(=O)[C@H](Cc2cc(F)cc(F)c2)NS(=O)(=O)NC(=O)NC2(C(=O)N(C)c3ccc(OC)nc3)C[C@@H]2c2cc(F)cc(F)c2)cn1. The smallest absolute Gasteiger partial charge is 0.330 e. The summed E-state index contributed by atoms with van der Waals surface area (Å²) < 4.78 is 97.2. The average Bonchev–Trinajstić information content (AvgIpc) is 3.83. The second-order valence-corrected chi connectivity index (χ2v) is 13.5. The largest absolute Gasteiger partial charge is 0.481 e. The van der Waals surface area contributed by atoms with Crippen molar-refractivity contribution in [2.45, 2.75) is 30.3 Å². The van der Waals surface area contributed by atoms with E-state index in [-0.39, 0.29) is 40.7 Å². The Bertz CT molecular complexity index is 2090. The van der Waals surface area contributed by atoms with E-state index in [2.05, 4.69) is 15.3 Å². The number of carbonyl (C=O) groups is 3. The van der Waals surface area contributed by atoms with E-state index in [1.165, 1.54) is 65.0 Å². The minimum absolute atomic E-state index is 0.0161. The van der Waals surface area contributed by atoms with Gasteiger partial charge in [0.15, 0.2) is 0 Å². The van der Waals surface area contributed by atoms with Crippen LogP contribution in [0.25, 0.3) is 0 Å². The van der Waals surface area contributed by atoms with Gasteiger partial charge in [-0.15, -0.1) is 0 Å². The second-order valence-electron chi connectivity index (χ2n) is 12.0. The Labute approximate surface area is 301 Å². The quantitative estimate of drug-likeness (QED) is 0.173. The molecule has 4 aromatic rings. The van der Waals surface area contributed by atoms with Crippen LogP contribution in [0.4, 0.5) is 33.7 Å². The minimum Gasteiger partial charge on any atom is -0.481 e. The van der Waals surface area contributed by atoms with E-state index in [0.717, 1.165) is 34.1 Å². The van der Waals surface area contributed by atoms with Crippen molar-refractivity contribution >= 4 is 39.4 Å². The van der Waals surface area contributed by atoms with Gasteiger partial charge in [0, 0.05) is 44.3 Å². The number of hydrogen-bond donors (Lipinski definition) is 3. The molecule has 0 radical (unpaired) electrons. The van der Waals surface area contributed by atoms with E-state index >= 15 is 0 Å². The summed E-state index contributed by atoms with van der Waals surface area (Å²) >= 11 is 0. The standard InChI is InChI=1S/C34H33F4N7O7S/c1-44(25-5-7-29(51-3)39-17-25)31(46)28(11-19-9-21(35)14-22(36)10-19)42-53(49,50)43-33(48)41-34(16-27(34)20-12-23(37)15-24(38)13-20)32(47)45(2)26-6-8-30(52-4)40-18-26/h5-10,12-15,17-18,27-28,42H,11,16H2,1-4H3,(H2,41,43,48)/t27-,28+,34?/m1/s1. The molecule has 1 aliphatic rings.